The first-order chi connectivity index (χ1) is 11.1. The molecule has 0 bridgehead atoms. The first-order valence-electron chi connectivity index (χ1n) is 9.11. The molecule has 0 atom stereocenters. The lowest BCUT2D eigenvalue weighted by molar-refractivity contribution is -0.131. The zero-order valence-electron chi connectivity index (χ0n) is 14.6. The summed E-state index contributed by atoms with van der Waals surface area (Å²) in [5, 5.41) is 4.42. The standard InChI is InChI=1S/C18H30N4O/c1-15-17(13-20(2)19-15)14-21-9-8-18(23)22(11-10-21)12-16-6-4-3-5-7-16/h13,16H,3-12,14H2,1-2H3. The van der Waals surface area contributed by atoms with Gasteiger partial charge < -0.3 is 4.90 Å². The first kappa shape index (κ1) is 16.5. The molecule has 0 aromatic carbocycles. The Labute approximate surface area is 139 Å². The van der Waals surface area contributed by atoms with Crippen molar-refractivity contribution >= 4 is 5.91 Å². The van der Waals surface area contributed by atoms with Crippen molar-refractivity contribution in [1.82, 2.24) is 19.6 Å². The molecule has 2 heterocycles. The normalized spacial score (nSPS) is 21.7. The summed E-state index contributed by atoms with van der Waals surface area (Å²) in [4.78, 5) is 17.0. The lowest BCUT2D eigenvalue weighted by atomic mass is 9.89. The number of aryl methyl sites for hydroxylation is 2. The van der Waals surface area contributed by atoms with E-state index < -0.39 is 0 Å². The third kappa shape index (κ3) is 4.34. The van der Waals surface area contributed by atoms with Crippen molar-refractivity contribution in [3.8, 4) is 0 Å². The number of aromatic nitrogens is 2. The van der Waals surface area contributed by atoms with Crippen LogP contribution in [0.25, 0.3) is 0 Å². The van der Waals surface area contributed by atoms with Crippen molar-refractivity contribution < 1.29 is 4.79 Å². The van der Waals surface area contributed by atoms with Crippen LogP contribution in [0.3, 0.4) is 0 Å². The Kier molecular flexibility index (Phi) is 5.36. The van der Waals surface area contributed by atoms with E-state index in [-0.39, 0.29) is 0 Å². The van der Waals surface area contributed by atoms with Gasteiger partial charge in [-0.05, 0) is 25.7 Å². The Hall–Kier alpha value is -1.36. The van der Waals surface area contributed by atoms with E-state index in [0.29, 0.717) is 12.3 Å². The number of hydrogen-bond donors (Lipinski definition) is 0. The van der Waals surface area contributed by atoms with E-state index in [0.717, 1.165) is 44.3 Å². The van der Waals surface area contributed by atoms with Crippen molar-refractivity contribution in [2.45, 2.75) is 52.0 Å². The van der Waals surface area contributed by atoms with E-state index in [4.69, 9.17) is 0 Å². The molecular formula is C18H30N4O. The van der Waals surface area contributed by atoms with Crippen LogP contribution < -0.4 is 0 Å². The van der Waals surface area contributed by atoms with Crippen LogP contribution in [-0.2, 0) is 18.4 Å². The van der Waals surface area contributed by atoms with Gasteiger partial charge in [0.05, 0.1) is 5.69 Å². The molecule has 1 aliphatic heterocycles. The highest BCUT2D eigenvalue weighted by Crippen LogP contribution is 2.25. The quantitative estimate of drug-likeness (QED) is 0.856. The van der Waals surface area contributed by atoms with Crippen LogP contribution in [0, 0.1) is 12.8 Å². The van der Waals surface area contributed by atoms with Crippen LogP contribution >= 0.6 is 0 Å². The highest BCUT2D eigenvalue weighted by Gasteiger charge is 2.24. The lowest BCUT2D eigenvalue weighted by Crippen LogP contribution is -2.37. The number of amides is 1. The van der Waals surface area contributed by atoms with E-state index in [9.17, 15) is 4.79 Å². The molecule has 23 heavy (non-hydrogen) atoms. The maximum atomic E-state index is 12.4. The fourth-order valence-electron chi connectivity index (χ4n) is 3.99. The molecule has 5 nitrogen and oxygen atoms in total. The summed E-state index contributed by atoms with van der Waals surface area (Å²) in [6, 6.07) is 0. The summed E-state index contributed by atoms with van der Waals surface area (Å²) < 4.78 is 1.88. The molecule has 1 aromatic rings. The fraction of sp³-hybridized carbons (Fsp3) is 0.778. The summed E-state index contributed by atoms with van der Waals surface area (Å²) in [5.74, 6) is 1.08. The highest BCUT2D eigenvalue weighted by molar-refractivity contribution is 5.76. The maximum absolute atomic E-state index is 12.4. The van der Waals surface area contributed by atoms with Crippen molar-refractivity contribution in [1.29, 1.82) is 0 Å². The van der Waals surface area contributed by atoms with Crippen molar-refractivity contribution in [2.24, 2.45) is 13.0 Å². The van der Waals surface area contributed by atoms with Crippen LogP contribution in [0.1, 0.15) is 49.8 Å². The zero-order chi connectivity index (χ0) is 16.2. The van der Waals surface area contributed by atoms with Crippen LogP contribution in [0.4, 0.5) is 0 Å². The fourth-order valence-corrected chi connectivity index (χ4v) is 3.99. The Morgan fingerprint density at radius 3 is 2.65 bits per heavy atom. The van der Waals surface area contributed by atoms with Crippen molar-refractivity contribution in [2.75, 3.05) is 26.2 Å². The molecule has 5 heteroatoms. The number of nitrogens with zero attached hydrogens (tertiary/aromatic N) is 4. The molecule has 128 valence electrons. The minimum absolute atomic E-state index is 0.348. The summed E-state index contributed by atoms with van der Waals surface area (Å²) in [6.45, 7) is 6.69. The first-order valence-corrected chi connectivity index (χ1v) is 9.11. The van der Waals surface area contributed by atoms with Gasteiger partial charge in [0.1, 0.15) is 0 Å². The molecule has 2 aliphatic rings. The molecule has 1 amide bonds. The van der Waals surface area contributed by atoms with Gasteiger partial charge in [-0.1, -0.05) is 19.3 Å². The third-order valence-corrected chi connectivity index (χ3v) is 5.39. The molecule has 1 aromatic heterocycles. The van der Waals surface area contributed by atoms with Gasteiger partial charge in [0.15, 0.2) is 0 Å². The summed E-state index contributed by atoms with van der Waals surface area (Å²) in [7, 11) is 1.97. The molecule has 1 aliphatic carbocycles. The van der Waals surface area contributed by atoms with E-state index in [1.165, 1.54) is 37.7 Å². The van der Waals surface area contributed by atoms with Gasteiger partial charge in [-0.2, -0.15) is 5.10 Å². The zero-order valence-corrected chi connectivity index (χ0v) is 14.6. The van der Waals surface area contributed by atoms with E-state index >= 15 is 0 Å². The molecular weight excluding hydrogens is 288 g/mol. The number of hydrogen-bond acceptors (Lipinski definition) is 3. The lowest BCUT2D eigenvalue weighted by Gasteiger charge is -2.29. The molecule has 0 spiro atoms. The molecule has 1 saturated heterocycles. The Balaban J connectivity index is 1.54. The minimum atomic E-state index is 0.348. The molecule has 0 N–H and O–H groups in total. The van der Waals surface area contributed by atoms with E-state index in [1.54, 1.807) is 0 Å². The van der Waals surface area contributed by atoms with Gasteiger partial charge in [0.25, 0.3) is 0 Å². The minimum Gasteiger partial charge on any atom is -0.341 e. The highest BCUT2D eigenvalue weighted by atomic mass is 16.2. The second-order valence-corrected chi connectivity index (χ2v) is 7.28. The molecule has 1 saturated carbocycles. The second kappa shape index (κ2) is 7.47. The largest absolute Gasteiger partial charge is 0.341 e. The van der Waals surface area contributed by atoms with Gasteiger partial charge in [-0.25, -0.2) is 0 Å². The van der Waals surface area contributed by atoms with Gasteiger partial charge in [0, 0.05) is 58.0 Å². The predicted molar refractivity (Wildman–Crippen MR) is 91.0 cm³/mol. The number of carbonyl (C=O) groups is 1. The van der Waals surface area contributed by atoms with Crippen LogP contribution in [0.15, 0.2) is 6.20 Å². The number of carbonyl (C=O) groups excluding carboxylic acids is 1. The Morgan fingerprint density at radius 1 is 1.17 bits per heavy atom. The van der Waals surface area contributed by atoms with Gasteiger partial charge in [0.2, 0.25) is 5.91 Å². The van der Waals surface area contributed by atoms with Gasteiger partial charge in [-0.15, -0.1) is 0 Å². The molecule has 0 unspecified atom stereocenters. The van der Waals surface area contributed by atoms with Crippen molar-refractivity contribution in [3.05, 3.63) is 17.5 Å². The summed E-state index contributed by atoms with van der Waals surface area (Å²) >= 11 is 0. The SMILES string of the molecule is Cc1nn(C)cc1CN1CCC(=O)N(CC2CCCCC2)CC1. The average molecular weight is 318 g/mol. The third-order valence-electron chi connectivity index (χ3n) is 5.39. The van der Waals surface area contributed by atoms with E-state index in [2.05, 4.69) is 28.0 Å². The van der Waals surface area contributed by atoms with Gasteiger partial charge in [-0.3, -0.25) is 14.4 Å². The molecule has 0 radical (unpaired) electrons. The average Bonchev–Trinajstić information content (AvgIpc) is 2.75. The predicted octanol–water partition coefficient (Wildman–Crippen LogP) is 2.34. The molecule has 3 rings (SSSR count). The van der Waals surface area contributed by atoms with Crippen LogP contribution in [0.2, 0.25) is 0 Å². The van der Waals surface area contributed by atoms with Crippen LogP contribution in [0.5, 0.6) is 0 Å². The van der Waals surface area contributed by atoms with Crippen LogP contribution in [-0.4, -0.2) is 51.7 Å². The Morgan fingerprint density at radius 2 is 1.96 bits per heavy atom. The van der Waals surface area contributed by atoms with Crippen molar-refractivity contribution in [3.63, 3.8) is 0 Å². The Bertz CT molecular complexity index is 533. The smallest absolute Gasteiger partial charge is 0.223 e. The topological polar surface area (TPSA) is 41.4 Å². The summed E-state index contributed by atoms with van der Waals surface area (Å²) in [6.07, 6.45) is 9.44. The summed E-state index contributed by atoms with van der Waals surface area (Å²) in [5.41, 5.74) is 2.38. The number of rotatable bonds is 4. The monoisotopic (exact) mass is 318 g/mol. The molecule has 2 fully saturated rings. The maximum Gasteiger partial charge on any atom is 0.223 e. The second-order valence-electron chi connectivity index (χ2n) is 7.28. The van der Waals surface area contributed by atoms with E-state index in [1.807, 2.05) is 11.7 Å². The van der Waals surface area contributed by atoms with Gasteiger partial charge >= 0.3 is 0 Å².